The van der Waals surface area contributed by atoms with E-state index in [4.69, 9.17) is 0 Å². The first-order valence-electron chi connectivity index (χ1n) is 9.12. The highest BCUT2D eigenvalue weighted by atomic mass is 16.2. The zero-order chi connectivity index (χ0) is 16.1. The van der Waals surface area contributed by atoms with Gasteiger partial charge >= 0.3 is 0 Å². The molecule has 1 atom stereocenters. The minimum absolute atomic E-state index is 0.0806. The summed E-state index contributed by atoms with van der Waals surface area (Å²) < 4.78 is 0. The van der Waals surface area contributed by atoms with E-state index in [0.717, 1.165) is 31.7 Å². The molecule has 5 heteroatoms. The third-order valence-electron chi connectivity index (χ3n) is 5.05. The fourth-order valence-corrected chi connectivity index (χ4v) is 3.70. The van der Waals surface area contributed by atoms with Crippen LogP contribution in [0.2, 0.25) is 0 Å². The van der Waals surface area contributed by atoms with E-state index in [2.05, 4.69) is 27.3 Å². The predicted molar refractivity (Wildman–Crippen MR) is 91.6 cm³/mol. The second-order valence-corrected chi connectivity index (χ2v) is 7.13. The van der Waals surface area contributed by atoms with Gasteiger partial charge in [-0.2, -0.15) is 0 Å². The van der Waals surface area contributed by atoms with Gasteiger partial charge < -0.3 is 10.2 Å². The lowest BCUT2D eigenvalue weighted by Gasteiger charge is -2.31. The van der Waals surface area contributed by atoms with Crippen molar-refractivity contribution in [1.82, 2.24) is 15.5 Å². The van der Waals surface area contributed by atoms with Crippen molar-refractivity contribution in [2.45, 2.75) is 64.3 Å². The Bertz CT molecular complexity index is 508. The smallest absolute Gasteiger partial charge is 0.272 e. The summed E-state index contributed by atoms with van der Waals surface area (Å²) in [6, 6.07) is 4.05. The van der Waals surface area contributed by atoms with Gasteiger partial charge in [0.15, 0.2) is 11.5 Å². The van der Waals surface area contributed by atoms with Gasteiger partial charge in [0.25, 0.3) is 5.91 Å². The van der Waals surface area contributed by atoms with Crippen molar-refractivity contribution in [1.29, 1.82) is 0 Å². The zero-order valence-electron chi connectivity index (χ0n) is 14.1. The number of aromatic nitrogens is 2. The van der Waals surface area contributed by atoms with E-state index < -0.39 is 0 Å². The van der Waals surface area contributed by atoms with Crippen molar-refractivity contribution in [3.8, 4) is 0 Å². The number of nitrogens with one attached hydrogen (secondary N) is 1. The molecule has 1 aliphatic carbocycles. The summed E-state index contributed by atoms with van der Waals surface area (Å²) >= 11 is 0. The number of carbonyl (C=O) groups is 1. The highest BCUT2D eigenvalue weighted by molar-refractivity contribution is 5.92. The first-order valence-corrected chi connectivity index (χ1v) is 9.12. The van der Waals surface area contributed by atoms with Crippen LogP contribution in [0.3, 0.4) is 0 Å². The molecule has 3 rings (SSSR count). The van der Waals surface area contributed by atoms with Gasteiger partial charge in [-0.1, -0.05) is 32.6 Å². The molecule has 0 spiro atoms. The summed E-state index contributed by atoms with van der Waals surface area (Å²) in [4.78, 5) is 14.6. The van der Waals surface area contributed by atoms with E-state index in [1.807, 2.05) is 12.1 Å². The number of rotatable bonds is 3. The molecule has 0 bridgehead atoms. The van der Waals surface area contributed by atoms with Crippen LogP contribution in [0.1, 0.15) is 68.8 Å². The summed E-state index contributed by atoms with van der Waals surface area (Å²) in [5.74, 6) is 1.51. The van der Waals surface area contributed by atoms with E-state index in [-0.39, 0.29) is 5.91 Å². The molecular formula is C18H28N4O. The maximum atomic E-state index is 12.3. The molecule has 1 saturated heterocycles. The van der Waals surface area contributed by atoms with Crippen LogP contribution in [0.5, 0.6) is 0 Å². The van der Waals surface area contributed by atoms with E-state index in [1.54, 1.807) is 0 Å². The molecule has 1 N–H and O–H groups in total. The van der Waals surface area contributed by atoms with Crippen LogP contribution in [0, 0.1) is 5.92 Å². The lowest BCUT2D eigenvalue weighted by atomic mass is 10.0. The first kappa shape index (κ1) is 16.2. The molecule has 1 aromatic rings. The largest absolute Gasteiger partial charge is 0.355 e. The number of anilines is 1. The Labute approximate surface area is 138 Å². The van der Waals surface area contributed by atoms with Gasteiger partial charge in [0.05, 0.1) is 0 Å². The summed E-state index contributed by atoms with van der Waals surface area (Å²) in [5, 5.41) is 11.6. The van der Waals surface area contributed by atoms with Crippen LogP contribution in [0.25, 0.3) is 0 Å². The molecular weight excluding hydrogens is 288 g/mol. The molecule has 5 nitrogen and oxygen atoms in total. The van der Waals surface area contributed by atoms with Gasteiger partial charge in [-0.05, 0) is 43.7 Å². The Morgan fingerprint density at radius 1 is 1.09 bits per heavy atom. The summed E-state index contributed by atoms with van der Waals surface area (Å²) in [6.45, 7) is 4.34. The Hall–Kier alpha value is -1.65. The van der Waals surface area contributed by atoms with Crippen LogP contribution in [0.4, 0.5) is 5.82 Å². The molecule has 2 fully saturated rings. The Balaban J connectivity index is 1.58. The van der Waals surface area contributed by atoms with Gasteiger partial charge in [-0.25, -0.2) is 0 Å². The van der Waals surface area contributed by atoms with Crippen molar-refractivity contribution < 1.29 is 4.79 Å². The van der Waals surface area contributed by atoms with E-state index in [9.17, 15) is 4.79 Å². The minimum Gasteiger partial charge on any atom is -0.355 e. The predicted octanol–water partition coefficient (Wildman–Crippen LogP) is 3.17. The van der Waals surface area contributed by atoms with Crippen LogP contribution in [-0.2, 0) is 0 Å². The summed E-state index contributed by atoms with van der Waals surface area (Å²) in [5.41, 5.74) is 0.433. The topological polar surface area (TPSA) is 58.1 Å². The number of carbonyl (C=O) groups excluding carboxylic acids is 1. The molecule has 1 amide bonds. The fraction of sp³-hybridized carbons (Fsp3) is 0.722. The molecule has 126 valence electrons. The first-order chi connectivity index (χ1) is 11.2. The third kappa shape index (κ3) is 4.43. The molecule has 2 heterocycles. The summed E-state index contributed by atoms with van der Waals surface area (Å²) in [7, 11) is 0. The van der Waals surface area contributed by atoms with Gasteiger partial charge in [-0.3, -0.25) is 4.79 Å². The average Bonchev–Trinajstić information content (AvgIpc) is 2.84. The van der Waals surface area contributed by atoms with Crippen molar-refractivity contribution in [2.75, 3.05) is 18.0 Å². The van der Waals surface area contributed by atoms with Crippen LogP contribution < -0.4 is 10.2 Å². The molecule has 0 aromatic carbocycles. The highest BCUT2D eigenvalue weighted by Gasteiger charge is 2.20. The SMILES string of the molecule is CC1CCCN(c2ccc(C(=O)NC3CCCCCC3)nn2)C1. The van der Waals surface area contributed by atoms with Gasteiger partial charge in [0.2, 0.25) is 0 Å². The molecule has 0 radical (unpaired) electrons. The molecule has 2 aliphatic rings. The maximum absolute atomic E-state index is 12.3. The Morgan fingerprint density at radius 2 is 1.87 bits per heavy atom. The van der Waals surface area contributed by atoms with E-state index >= 15 is 0 Å². The van der Waals surface area contributed by atoms with Crippen LogP contribution >= 0.6 is 0 Å². The fourth-order valence-electron chi connectivity index (χ4n) is 3.70. The lowest BCUT2D eigenvalue weighted by molar-refractivity contribution is 0.0927. The number of nitrogens with zero attached hydrogens (tertiary/aromatic N) is 3. The quantitative estimate of drug-likeness (QED) is 0.870. The van der Waals surface area contributed by atoms with E-state index in [1.165, 1.54) is 38.5 Å². The van der Waals surface area contributed by atoms with Crippen LogP contribution in [0.15, 0.2) is 12.1 Å². The van der Waals surface area contributed by atoms with Crippen molar-refractivity contribution in [2.24, 2.45) is 5.92 Å². The molecule has 1 aliphatic heterocycles. The number of hydrogen-bond acceptors (Lipinski definition) is 4. The maximum Gasteiger partial charge on any atom is 0.272 e. The number of piperidine rings is 1. The number of amides is 1. The third-order valence-corrected chi connectivity index (χ3v) is 5.05. The molecule has 23 heavy (non-hydrogen) atoms. The lowest BCUT2D eigenvalue weighted by Crippen LogP contribution is -2.36. The van der Waals surface area contributed by atoms with Crippen LogP contribution in [-0.4, -0.2) is 35.2 Å². The van der Waals surface area contributed by atoms with Gasteiger partial charge in [0, 0.05) is 19.1 Å². The van der Waals surface area contributed by atoms with Gasteiger partial charge in [0.1, 0.15) is 0 Å². The van der Waals surface area contributed by atoms with Crippen molar-refractivity contribution in [3.05, 3.63) is 17.8 Å². The molecule has 1 aromatic heterocycles. The second kappa shape index (κ2) is 7.75. The molecule has 1 unspecified atom stereocenters. The van der Waals surface area contributed by atoms with Crippen molar-refractivity contribution in [3.63, 3.8) is 0 Å². The zero-order valence-corrected chi connectivity index (χ0v) is 14.1. The molecule has 1 saturated carbocycles. The highest BCUT2D eigenvalue weighted by Crippen LogP contribution is 2.21. The van der Waals surface area contributed by atoms with Gasteiger partial charge in [-0.15, -0.1) is 10.2 Å². The Kier molecular flexibility index (Phi) is 5.47. The Morgan fingerprint density at radius 3 is 2.52 bits per heavy atom. The normalized spacial score (nSPS) is 23.3. The van der Waals surface area contributed by atoms with Crippen molar-refractivity contribution >= 4 is 11.7 Å². The average molecular weight is 316 g/mol. The number of hydrogen-bond donors (Lipinski definition) is 1. The van der Waals surface area contributed by atoms with E-state index in [0.29, 0.717) is 17.7 Å². The second-order valence-electron chi connectivity index (χ2n) is 7.13. The summed E-state index contributed by atoms with van der Waals surface area (Å²) in [6.07, 6.45) is 9.65. The standard InChI is InChI=1S/C18H28N4O/c1-14-7-6-12-22(13-14)17-11-10-16(20-21-17)18(23)19-15-8-4-2-3-5-9-15/h10-11,14-15H,2-9,12-13H2,1H3,(H,19,23). The minimum atomic E-state index is -0.0806. The monoisotopic (exact) mass is 316 g/mol.